The van der Waals surface area contributed by atoms with Crippen LogP contribution in [0.3, 0.4) is 0 Å². The van der Waals surface area contributed by atoms with Crippen LogP contribution in [0.5, 0.6) is 0 Å². The third-order valence-electron chi connectivity index (χ3n) is 5.48. The highest BCUT2D eigenvalue weighted by Gasteiger charge is 2.30. The van der Waals surface area contributed by atoms with Crippen LogP contribution in [-0.4, -0.2) is 71.0 Å². The predicted molar refractivity (Wildman–Crippen MR) is 104 cm³/mol. The van der Waals surface area contributed by atoms with Gasteiger partial charge in [0.2, 0.25) is 5.91 Å². The first-order valence-corrected chi connectivity index (χ1v) is 10.1. The molecule has 1 aliphatic heterocycles. The van der Waals surface area contributed by atoms with E-state index in [1.54, 1.807) is 0 Å². The summed E-state index contributed by atoms with van der Waals surface area (Å²) in [6, 6.07) is 1.93. The van der Waals surface area contributed by atoms with Gasteiger partial charge in [0.15, 0.2) is 0 Å². The maximum Gasteiger partial charge on any atom is 0.259 e. The Morgan fingerprint density at radius 1 is 1.25 bits per heavy atom. The van der Waals surface area contributed by atoms with Gasteiger partial charge in [0.1, 0.15) is 0 Å². The lowest BCUT2D eigenvalue weighted by Crippen LogP contribution is -2.40. The number of carbonyl (C=O) groups excluding carboxylic acids is 2. The second kappa shape index (κ2) is 7.87. The molecule has 3 heterocycles. The lowest BCUT2D eigenvalue weighted by atomic mass is 10.1. The van der Waals surface area contributed by atoms with Gasteiger partial charge in [-0.05, 0) is 39.2 Å². The van der Waals surface area contributed by atoms with Crippen molar-refractivity contribution in [1.29, 1.82) is 0 Å². The summed E-state index contributed by atoms with van der Waals surface area (Å²) in [5.74, 6) is 0.464. The van der Waals surface area contributed by atoms with Crippen molar-refractivity contribution in [2.45, 2.75) is 39.0 Å². The van der Waals surface area contributed by atoms with Crippen molar-refractivity contribution in [3.63, 3.8) is 0 Å². The van der Waals surface area contributed by atoms with Crippen molar-refractivity contribution in [2.24, 2.45) is 0 Å². The molecule has 0 aromatic carbocycles. The Bertz CT molecular complexity index is 889. The Balaban J connectivity index is 1.53. The second-order valence-electron chi connectivity index (χ2n) is 7.69. The van der Waals surface area contributed by atoms with Gasteiger partial charge in [-0.2, -0.15) is 0 Å². The zero-order chi connectivity index (χ0) is 19.7. The first-order valence-electron chi connectivity index (χ1n) is 10.1. The number of pyridine rings is 1. The van der Waals surface area contributed by atoms with Crippen LogP contribution in [0.4, 0.5) is 0 Å². The van der Waals surface area contributed by atoms with E-state index >= 15 is 0 Å². The number of aromatic nitrogens is 2. The van der Waals surface area contributed by atoms with Crippen LogP contribution >= 0.6 is 0 Å². The highest BCUT2D eigenvalue weighted by atomic mass is 16.5. The van der Waals surface area contributed by atoms with Crippen LogP contribution in [0.2, 0.25) is 0 Å². The van der Waals surface area contributed by atoms with Gasteiger partial charge >= 0.3 is 0 Å². The van der Waals surface area contributed by atoms with Crippen molar-refractivity contribution in [3.8, 4) is 0 Å². The van der Waals surface area contributed by atoms with E-state index in [9.17, 15) is 9.59 Å². The van der Waals surface area contributed by atoms with Crippen molar-refractivity contribution < 1.29 is 14.1 Å². The summed E-state index contributed by atoms with van der Waals surface area (Å²) in [6.45, 7) is 7.56. The number of fused-ring (bicyclic) bond motifs is 1. The highest BCUT2D eigenvalue weighted by molar-refractivity contribution is 6.06. The van der Waals surface area contributed by atoms with Gasteiger partial charge < -0.3 is 14.7 Å². The van der Waals surface area contributed by atoms with Crippen LogP contribution in [0.15, 0.2) is 10.6 Å². The molecule has 1 saturated carbocycles. The molecule has 8 nitrogen and oxygen atoms in total. The molecule has 1 N–H and O–H groups in total. The van der Waals surface area contributed by atoms with Crippen molar-refractivity contribution in [3.05, 3.63) is 23.0 Å². The van der Waals surface area contributed by atoms with Crippen LogP contribution in [-0.2, 0) is 4.79 Å². The number of hydrogen-bond donors (Lipinski definition) is 1. The van der Waals surface area contributed by atoms with Gasteiger partial charge in [-0.25, -0.2) is 4.98 Å². The SMILES string of the molecule is CCNC(=O)CN1CCCN(C(=O)c2cc(C3CC3)nc3onc(C)c23)CC1. The number of nitrogens with one attached hydrogen (secondary N) is 1. The molecule has 2 amide bonds. The summed E-state index contributed by atoms with van der Waals surface area (Å²) < 4.78 is 5.37. The molecule has 8 heteroatoms. The minimum atomic E-state index is 0.000426. The van der Waals surface area contributed by atoms with Crippen LogP contribution < -0.4 is 5.32 Å². The minimum Gasteiger partial charge on any atom is -0.355 e. The first-order chi connectivity index (χ1) is 13.6. The quantitative estimate of drug-likeness (QED) is 0.842. The third kappa shape index (κ3) is 3.87. The molecule has 28 heavy (non-hydrogen) atoms. The smallest absolute Gasteiger partial charge is 0.259 e. The van der Waals surface area contributed by atoms with E-state index in [-0.39, 0.29) is 11.8 Å². The number of nitrogens with zero attached hydrogens (tertiary/aromatic N) is 4. The normalized spacial score (nSPS) is 18.3. The topological polar surface area (TPSA) is 91.6 Å². The Labute approximate surface area is 164 Å². The number of rotatable bonds is 5. The predicted octanol–water partition coefficient (Wildman–Crippen LogP) is 1.69. The monoisotopic (exact) mass is 385 g/mol. The molecule has 0 spiro atoms. The number of aryl methyl sites for hydroxylation is 1. The molecule has 2 aromatic heterocycles. The van der Waals surface area contributed by atoms with E-state index in [1.807, 2.05) is 24.8 Å². The molecule has 0 bridgehead atoms. The van der Waals surface area contributed by atoms with Gasteiger partial charge in [-0.1, -0.05) is 5.16 Å². The maximum absolute atomic E-state index is 13.4. The molecule has 1 saturated heterocycles. The minimum absolute atomic E-state index is 0.000426. The number of amides is 2. The van der Waals surface area contributed by atoms with E-state index in [1.165, 1.54) is 0 Å². The van der Waals surface area contributed by atoms with Gasteiger partial charge in [0, 0.05) is 44.3 Å². The summed E-state index contributed by atoms with van der Waals surface area (Å²) >= 11 is 0. The molecule has 0 unspecified atom stereocenters. The Morgan fingerprint density at radius 3 is 2.82 bits per heavy atom. The molecular weight excluding hydrogens is 358 g/mol. The largest absolute Gasteiger partial charge is 0.355 e. The lowest BCUT2D eigenvalue weighted by molar-refractivity contribution is -0.122. The molecule has 150 valence electrons. The summed E-state index contributed by atoms with van der Waals surface area (Å²) in [5, 5.41) is 7.58. The molecule has 0 atom stereocenters. The Morgan fingerprint density at radius 2 is 2.07 bits per heavy atom. The van der Waals surface area contributed by atoms with Crippen LogP contribution in [0, 0.1) is 6.92 Å². The fourth-order valence-corrected chi connectivity index (χ4v) is 3.83. The Kier molecular flexibility index (Phi) is 5.30. The van der Waals surface area contributed by atoms with Gasteiger partial charge in [-0.15, -0.1) is 0 Å². The van der Waals surface area contributed by atoms with Crippen LogP contribution in [0.1, 0.15) is 53.8 Å². The fourth-order valence-electron chi connectivity index (χ4n) is 3.83. The summed E-state index contributed by atoms with van der Waals surface area (Å²) in [5.41, 5.74) is 2.72. The van der Waals surface area contributed by atoms with Gasteiger partial charge in [0.25, 0.3) is 11.6 Å². The average Bonchev–Trinajstić information content (AvgIpc) is 3.48. The standard InChI is InChI=1S/C20H27N5O3/c1-3-21-17(26)12-24-7-4-8-25(10-9-24)20(27)15-11-16(14-5-6-14)22-19-18(15)13(2)23-28-19/h11,14H,3-10,12H2,1-2H3,(H,21,26). The molecule has 4 rings (SSSR count). The van der Waals surface area contributed by atoms with Crippen molar-refractivity contribution in [2.75, 3.05) is 39.3 Å². The molecular formula is C20H27N5O3. The van der Waals surface area contributed by atoms with E-state index in [4.69, 9.17) is 4.52 Å². The highest BCUT2D eigenvalue weighted by Crippen LogP contribution is 2.40. The summed E-state index contributed by atoms with van der Waals surface area (Å²) in [7, 11) is 0. The number of hydrogen-bond acceptors (Lipinski definition) is 6. The molecule has 1 aliphatic carbocycles. The summed E-state index contributed by atoms with van der Waals surface area (Å²) in [4.78, 5) is 33.8. The van der Waals surface area contributed by atoms with E-state index in [0.717, 1.165) is 36.9 Å². The van der Waals surface area contributed by atoms with E-state index in [0.29, 0.717) is 55.6 Å². The molecule has 2 aromatic rings. The lowest BCUT2D eigenvalue weighted by Gasteiger charge is -2.22. The van der Waals surface area contributed by atoms with Crippen LogP contribution in [0.25, 0.3) is 11.1 Å². The second-order valence-corrected chi connectivity index (χ2v) is 7.69. The van der Waals surface area contributed by atoms with E-state index < -0.39 is 0 Å². The number of carbonyl (C=O) groups is 2. The summed E-state index contributed by atoms with van der Waals surface area (Å²) in [6.07, 6.45) is 3.06. The van der Waals surface area contributed by atoms with Gasteiger partial charge in [0.05, 0.1) is 23.2 Å². The third-order valence-corrected chi connectivity index (χ3v) is 5.48. The maximum atomic E-state index is 13.4. The molecule has 0 radical (unpaired) electrons. The van der Waals surface area contributed by atoms with Gasteiger partial charge in [-0.3, -0.25) is 14.5 Å². The van der Waals surface area contributed by atoms with Crippen molar-refractivity contribution >= 4 is 22.9 Å². The zero-order valence-corrected chi connectivity index (χ0v) is 16.5. The molecule has 2 fully saturated rings. The first kappa shape index (κ1) is 18.9. The number of likely N-dealkylation sites (N-methyl/N-ethyl adjacent to an activating group) is 1. The zero-order valence-electron chi connectivity index (χ0n) is 16.5. The van der Waals surface area contributed by atoms with Crippen molar-refractivity contribution in [1.82, 2.24) is 25.3 Å². The molecule has 2 aliphatic rings. The fraction of sp³-hybridized carbons (Fsp3) is 0.600. The average molecular weight is 385 g/mol. The Hall–Kier alpha value is -2.48. The van der Waals surface area contributed by atoms with E-state index in [2.05, 4.69) is 20.4 Å².